The number of hydrogen-bond donors (Lipinski definition) is 1. The topological polar surface area (TPSA) is 64.1 Å². The summed E-state index contributed by atoms with van der Waals surface area (Å²) in [5.74, 6) is 1.64. The van der Waals surface area contributed by atoms with Crippen LogP contribution < -0.4 is 5.32 Å². The molecule has 1 aliphatic rings. The summed E-state index contributed by atoms with van der Waals surface area (Å²) >= 11 is 0. The number of nitrogens with one attached hydrogen (secondary N) is 1. The van der Waals surface area contributed by atoms with E-state index in [1.807, 2.05) is 6.07 Å². The molecule has 1 aliphatic heterocycles. The molecule has 0 spiro atoms. The smallest absolute Gasteiger partial charge is 0.231 e. The molecule has 0 amide bonds. The van der Waals surface area contributed by atoms with Gasteiger partial charge in [-0.05, 0) is 26.0 Å². The van der Waals surface area contributed by atoms with Crippen LogP contribution in [0, 0.1) is 0 Å². The summed E-state index contributed by atoms with van der Waals surface area (Å²) in [4.78, 5) is 4.41. The van der Waals surface area contributed by atoms with Crippen LogP contribution in [0.4, 0.5) is 0 Å². The lowest BCUT2D eigenvalue weighted by atomic mass is 10.0. The maximum atomic E-state index is 5.30. The minimum atomic E-state index is 0.327. The van der Waals surface area contributed by atoms with Gasteiger partial charge in [-0.2, -0.15) is 4.98 Å². The van der Waals surface area contributed by atoms with Gasteiger partial charge in [0, 0.05) is 6.04 Å². The molecule has 0 saturated carbocycles. The van der Waals surface area contributed by atoms with Gasteiger partial charge in [-0.1, -0.05) is 5.16 Å². The summed E-state index contributed by atoms with van der Waals surface area (Å²) in [6.45, 7) is 3.15. The van der Waals surface area contributed by atoms with Crippen molar-refractivity contribution in [2.24, 2.45) is 0 Å². The normalized spacial score (nSPS) is 25.1. The maximum absolute atomic E-state index is 5.30. The Bertz CT molecular complexity index is 463. The largest absolute Gasteiger partial charge is 0.472 e. The molecule has 84 valence electrons. The van der Waals surface area contributed by atoms with E-state index in [2.05, 4.69) is 22.4 Å². The highest BCUT2D eigenvalue weighted by atomic mass is 16.5. The van der Waals surface area contributed by atoms with Crippen molar-refractivity contribution in [3.63, 3.8) is 0 Å². The lowest BCUT2D eigenvalue weighted by Crippen LogP contribution is -2.21. The second kappa shape index (κ2) is 3.75. The van der Waals surface area contributed by atoms with Crippen LogP contribution in [0.5, 0.6) is 0 Å². The molecule has 2 aromatic rings. The third-order valence-corrected chi connectivity index (χ3v) is 3.06. The molecule has 2 unspecified atom stereocenters. The van der Waals surface area contributed by atoms with E-state index >= 15 is 0 Å². The Balaban J connectivity index is 1.88. The van der Waals surface area contributed by atoms with Crippen LogP contribution in [0.15, 0.2) is 27.5 Å². The summed E-state index contributed by atoms with van der Waals surface area (Å²) < 4.78 is 10.3. The third-order valence-electron chi connectivity index (χ3n) is 3.06. The molecule has 0 aliphatic carbocycles. The molecule has 5 nitrogen and oxygen atoms in total. The van der Waals surface area contributed by atoms with E-state index in [4.69, 9.17) is 8.94 Å². The molecule has 2 atom stereocenters. The molecular formula is C11H13N3O2. The molecule has 5 heteroatoms. The molecule has 0 radical (unpaired) electrons. The van der Waals surface area contributed by atoms with E-state index in [0.29, 0.717) is 23.7 Å². The van der Waals surface area contributed by atoms with Crippen molar-refractivity contribution in [3.05, 3.63) is 24.5 Å². The Morgan fingerprint density at radius 2 is 2.44 bits per heavy atom. The fourth-order valence-corrected chi connectivity index (χ4v) is 2.09. The lowest BCUT2D eigenvalue weighted by molar-refractivity contribution is 0.345. The Kier molecular flexibility index (Phi) is 2.25. The second-order valence-electron chi connectivity index (χ2n) is 4.11. The van der Waals surface area contributed by atoms with Crippen LogP contribution >= 0.6 is 0 Å². The molecule has 0 bridgehead atoms. The average Bonchev–Trinajstić information content (AvgIpc) is 2.96. The monoisotopic (exact) mass is 219 g/mol. The zero-order valence-corrected chi connectivity index (χ0v) is 9.01. The highest BCUT2D eigenvalue weighted by molar-refractivity contribution is 5.51. The molecular weight excluding hydrogens is 206 g/mol. The van der Waals surface area contributed by atoms with Gasteiger partial charge in [0.05, 0.1) is 17.7 Å². The Morgan fingerprint density at radius 1 is 1.50 bits per heavy atom. The molecule has 1 saturated heterocycles. The second-order valence-corrected chi connectivity index (χ2v) is 4.11. The van der Waals surface area contributed by atoms with E-state index in [1.54, 1.807) is 12.5 Å². The average molecular weight is 219 g/mol. The highest BCUT2D eigenvalue weighted by Crippen LogP contribution is 2.27. The van der Waals surface area contributed by atoms with Gasteiger partial charge in [-0.25, -0.2) is 0 Å². The van der Waals surface area contributed by atoms with Crippen molar-refractivity contribution in [1.29, 1.82) is 0 Å². The Hall–Kier alpha value is -1.62. The van der Waals surface area contributed by atoms with Crippen LogP contribution in [-0.4, -0.2) is 22.7 Å². The first-order valence-corrected chi connectivity index (χ1v) is 5.44. The molecule has 3 heterocycles. The van der Waals surface area contributed by atoms with Gasteiger partial charge in [0.25, 0.3) is 0 Å². The van der Waals surface area contributed by atoms with Crippen molar-refractivity contribution >= 4 is 0 Å². The van der Waals surface area contributed by atoms with Crippen LogP contribution in [0.25, 0.3) is 11.4 Å². The van der Waals surface area contributed by atoms with Gasteiger partial charge in [0.2, 0.25) is 11.7 Å². The number of furan rings is 1. The minimum absolute atomic E-state index is 0.327. The van der Waals surface area contributed by atoms with E-state index < -0.39 is 0 Å². The van der Waals surface area contributed by atoms with Crippen LogP contribution in [0.1, 0.15) is 25.2 Å². The first kappa shape index (κ1) is 9.59. The summed E-state index contributed by atoms with van der Waals surface area (Å²) in [5, 5.41) is 7.33. The third kappa shape index (κ3) is 1.53. The zero-order valence-electron chi connectivity index (χ0n) is 9.01. The Morgan fingerprint density at radius 3 is 3.12 bits per heavy atom. The first-order valence-electron chi connectivity index (χ1n) is 5.44. The van der Waals surface area contributed by atoms with Gasteiger partial charge < -0.3 is 14.3 Å². The Labute approximate surface area is 92.8 Å². The van der Waals surface area contributed by atoms with Gasteiger partial charge in [0.15, 0.2) is 0 Å². The van der Waals surface area contributed by atoms with Crippen molar-refractivity contribution in [3.8, 4) is 11.4 Å². The fraction of sp³-hybridized carbons (Fsp3) is 0.455. The fourth-order valence-electron chi connectivity index (χ4n) is 2.09. The standard InChI is InChI=1S/C11H13N3O2/c1-7-9(2-4-12-7)11-13-10(14-16-11)8-3-5-15-6-8/h3,5-7,9,12H,2,4H2,1H3. The molecule has 1 N–H and O–H groups in total. The van der Waals surface area contributed by atoms with E-state index in [-0.39, 0.29) is 0 Å². The van der Waals surface area contributed by atoms with Crippen molar-refractivity contribution < 1.29 is 8.94 Å². The van der Waals surface area contributed by atoms with Crippen LogP contribution in [-0.2, 0) is 0 Å². The predicted molar refractivity (Wildman–Crippen MR) is 56.8 cm³/mol. The zero-order chi connectivity index (χ0) is 11.0. The van der Waals surface area contributed by atoms with E-state index in [0.717, 1.165) is 18.5 Å². The van der Waals surface area contributed by atoms with Gasteiger partial charge in [0.1, 0.15) is 6.26 Å². The van der Waals surface area contributed by atoms with Gasteiger partial charge in [-0.15, -0.1) is 0 Å². The quantitative estimate of drug-likeness (QED) is 0.834. The first-order chi connectivity index (χ1) is 7.84. The molecule has 0 aromatic carbocycles. The minimum Gasteiger partial charge on any atom is -0.472 e. The maximum Gasteiger partial charge on any atom is 0.231 e. The van der Waals surface area contributed by atoms with Crippen LogP contribution in [0.3, 0.4) is 0 Å². The predicted octanol–water partition coefficient (Wildman–Crippen LogP) is 1.79. The molecule has 2 aromatic heterocycles. The number of hydrogen-bond acceptors (Lipinski definition) is 5. The summed E-state index contributed by atoms with van der Waals surface area (Å²) in [6.07, 6.45) is 4.27. The van der Waals surface area contributed by atoms with Gasteiger partial charge >= 0.3 is 0 Å². The van der Waals surface area contributed by atoms with Gasteiger partial charge in [-0.3, -0.25) is 0 Å². The summed E-state index contributed by atoms with van der Waals surface area (Å²) in [5.41, 5.74) is 0.855. The molecule has 16 heavy (non-hydrogen) atoms. The summed E-state index contributed by atoms with van der Waals surface area (Å²) in [6, 6.07) is 2.22. The number of rotatable bonds is 2. The number of nitrogens with zero attached hydrogens (tertiary/aromatic N) is 2. The van der Waals surface area contributed by atoms with E-state index in [9.17, 15) is 0 Å². The molecule has 3 rings (SSSR count). The summed E-state index contributed by atoms with van der Waals surface area (Å²) in [7, 11) is 0. The highest BCUT2D eigenvalue weighted by Gasteiger charge is 2.29. The SMILES string of the molecule is CC1NCCC1c1nc(-c2ccoc2)no1. The van der Waals surface area contributed by atoms with Crippen molar-refractivity contribution in [2.45, 2.75) is 25.3 Å². The molecule has 1 fully saturated rings. The van der Waals surface area contributed by atoms with Crippen molar-refractivity contribution in [1.82, 2.24) is 15.5 Å². The van der Waals surface area contributed by atoms with Crippen LogP contribution in [0.2, 0.25) is 0 Å². The van der Waals surface area contributed by atoms with Crippen molar-refractivity contribution in [2.75, 3.05) is 6.54 Å². The van der Waals surface area contributed by atoms with E-state index in [1.165, 1.54) is 0 Å². The lowest BCUT2D eigenvalue weighted by Gasteiger charge is -2.08. The number of aromatic nitrogens is 2.